The van der Waals surface area contributed by atoms with Gasteiger partial charge in [-0.25, -0.2) is 9.97 Å². The minimum absolute atomic E-state index is 0.129. The van der Waals surface area contributed by atoms with Gasteiger partial charge in [-0.05, 0) is 80.9 Å². The largest absolute Gasteiger partial charge is 0.308 e. The molecule has 0 saturated heterocycles. The van der Waals surface area contributed by atoms with Crippen molar-refractivity contribution in [2.75, 3.05) is 0 Å². The lowest BCUT2D eigenvalue weighted by atomic mass is 9.82. The quantitative estimate of drug-likeness (QED) is 0.176. The number of benzene rings is 8. The van der Waals surface area contributed by atoms with E-state index < -0.39 is 0 Å². The molecule has 3 heterocycles. The first kappa shape index (κ1) is 32.8. The standard InChI is InChI=1S/C55H37N3/c1-55(2)47-27-24-38(36-17-11-18-37(29-36)39-23-26-42-44-21-12-20-43-41-19-9-10-22-51(41)58(53(43)44)52(42)32-39)30-45(47)46-31-40(25-28-48(46)55)50-33-49(34-13-5-3-6-14-34)56-54(57-50)35-15-7-4-8-16-35/h3-33H,1-2H3. The Morgan fingerprint density at radius 1 is 0.362 bits per heavy atom. The Labute approximate surface area is 336 Å². The van der Waals surface area contributed by atoms with E-state index >= 15 is 0 Å². The molecule has 1 aliphatic rings. The van der Waals surface area contributed by atoms with Gasteiger partial charge in [0.15, 0.2) is 5.82 Å². The van der Waals surface area contributed by atoms with Gasteiger partial charge in [0.05, 0.1) is 27.9 Å². The van der Waals surface area contributed by atoms with Crippen molar-refractivity contribution >= 4 is 38.1 Å². The van der Waals surface area contributed by atoms with Crippen molar-refractivity contribution in [1.82, 2.24) is 14.4 Å². The number of aromatic nitrogens is 3. The number of hydrogen-bond acceptors (Lipinski definition) is 2. The van der Waals surface area contributed by atoms with Gasteiger partial charge < -0.3 is 4.40 Å². The van der Waals surface area contributed by atoms with Crippen LogP contribution in [0, 0.1) is 0 Å². The van der Waals surface area contributed by atoms with Gasteiger partial charge in [-0.2, -0.15) is 0 Å². The molecule has 0 fully saturated rings. The van der Waals surface area contributed by atoms with Crippen molar-refractivity contribution < 1.29 is 0 Å². The molecule has 58 heavy (non-hydrogen) atoms. The molecule has 0 radical (unpaired) electrons. The second-order valence-corrected chi connectivity index (χ2v) is 16.2. The first-order valence-electron chi connectivity index (χ1n) is 20.1. The molecular weight excluding hydrogens is 703 g/mol. The van der Waals surface area contributed by atoms with E-state index in [-0.39, 0.29) is 5.41 Å². The minimum Gasteiger partial charge on any atom is -0.308 e. The molecule has 0 unspecified atom stereocenters. The van der Waals surface area contributed by atoms with Gasteiger partial charge in [-0.15, -0.1) is 0 Å². The molecule has 0 atom stereocenters. The van der Waals surface area contributed by atoms with Crippen LogP contribution in [0.4, 0.5) is 0 Å². The average molecular weight is 740 g/mol. The van der Waals surface area contributed by atoms with Crippen LogP contribution in [-0.2, 0) is 5.41 Å². The van der Waals surface area contributed by atoms with Gasteiger partial charge in [-0.1, -0.05) is 166 Å². The zero-order chi connectivity index (χ0) is 38.5. The molecule has 8 aromatic carbocycles. The highest BCUT2D eigenvalue weighted by Gasteiger charge is 2.36. The molecule has 0 amide bonds. The number of nitrogens with zero attached hydrogens (tertiary/aromatic N) is 3. The van der Waals surface area contributed by atoms with E-state index in [4.69, 9.17) is 9.97 Å². The summed E-state index contributed by atoms with van der Waals surface area (Å²) in [6.45, 7) is 4.69. The zero-order valence-corrected chi connectivity index (χ0v) is 32.2. The monoisotopic (exact) mass is 739 g/mol. The lowest BCUT2D eigenvalue weighted by Crippen LogP contribution is -2.14. The first-order chi connectivity index (χ1) is 28.5. The summed E-state index contributed by atoms with van der Waals surface area (Å²) < 4.78 is 2.46. The van der Waals surface area contributed by atoms with Crippen LogP contribution in [0.3, 0.4) is 0 Å². The van der Waals surface area contributed by atoms with Crippen LogP contribution in [0.1, 0.15) is 25.0 Å². The Hall–Kier alpha value is -7.36. The van der Waals surface area contributed by atoms with Crippen LogP contribution in [0.15, 0.2) is 188 Å². The van der Waals surface area contributed by atoms with Gasteiger partial charge in [0.25, 0.3) is 0 Å². The van der Waals surface area contributed by atoms with Gasteiger partial charge in [-0.3, -0.25) is 0 Å². The van der Waals surface area contributed by atoms with Crippen molar-refractivity contribution in [2.45, 2.75) is 19.3 Å². The third-order valence-electron chi connectivity index (χ3n) is 12.6. The van der Waals surface area contributed by atoms with Gasteiger partial charge >= 0.3 is 0 Å². The lowest BCUT2D eigenvalue weighted by Gasteiger charge is -2.21. The van der Waals surface area contributed by atoms with Crippen molar-refractivity contribution in [3.8, 4) is 67.3 Å². The van der Waals surface area contributed by atoms with Crippen LogP contribution in [0.25, 0.3) is 105 Å². The molecule has 3 nitrogen and oxygen atoms in total. The number of hydrogen-bond donors (Lipinski definition) is 0. The van der Waals surface area contributed by atoms with Crippen molar-refractivity contribution in [3.63, 3.8) is 0 Å². The van der Waals surface area contributed by atoms with E-state index in [1.807, 2.05) is 24.3 Å². The highest BCUT2D eigenvalue weighted by Crippen LogP contribution is 2.51. The second-order valence-electron chi connectivity index (χ2n) is 16.2. The molecule has 0 bridgehead atoms. The second kappa shape index (κ2) is 12.3. The summed E-state index contributed by atoms with van der Waals surface area (Å²) in [5.41, 5.74) is 18.7. The van der Waals surface area contributed by atoms with Crippen molar-refractivity contribution in [3.05, 3.63) is 199 Å². The van der Waals surface area contributed by atoms with E-state index in [9.17, 15) is 0 Å². The van der Waals surface area contributed by atoms with Crippen LogP contribution >= 0.6 is 0 Å². The van der Waals surface area contributed by atoms with Gasteiger partial charge in [0.1, 0.15) is 0 Å². The maximum absolute atomic E-state index is 5.16. The zero-order valence-electron chi connectivity index (χ0n) is 32.2. The van der Waals surface area contributed by atoms with E-state index in [0.717, 1.165) is 33.9 Å². The molecule has 11 aromatic rings. The molecule has 0 aliphatic heterocycles. The minimum atomic E-state index is -0.129. The van der Waals surface area contributed by atoms with E-state index in [0.29, 0.717) is 0 Å². The summed E-state index contributed by atoms with van der Waals surface area (Å²) in [4.78, 5) is 10.2. The SMILES string of the molecule is CC1(C)c2ccc(-c3cccc(-c4ccc5c6cccc7c8ccccc8n(c5c4)c76)c3)cc2-c2cc(-c3cc(-c4ccccc4)nc(-c4ccccc4)n3)ccc21. The molecule has 0 N–H and O–H groups in total. The smallest absolute Gasteiger partial charge is 0.160 e. The Bertz CT molecular complexity index is 3350. The Morgan fingerprint density at radius 2 is 0.862 bits per heavy atom. The topological polar surface area (TPSA) is 30.2 Å². The maximum Gasteiger partial charge on any atom is 0.160 e. The molecule has 3 heteroatoms. The lowest BCUT2D eigenvalue weighted by molar-refractivity contribution is 0.660. The van der Waals surface area contributed by atoms with Crippen molar-refractivity contribution in [2.24, 2.45) is 0 Å². The maximum atomic E-state index is 5.16. The van der Waals surface area contributed by atoms with E-state index in [1.165, 1.54) is 82.6 Å². The van der Waals surface area contributed by atoms with Crippen LogP contribution in [0.2, 0.25) is 0 Å². The highest BCUT2D eigenvalue weighted by molar-refractivity contribution is 6.23. The Balaban J connectivity index is 0.961. The third kappa shape index (κ3) is 4.86. The predicted octanol–water partition coefficient (Wildman–Crippen LogP) is 14.3. The summed E-state index contributed by atoms with van der Waals surface area (Å²) >= 11 is 0. The molecule has 1 aliphatic carbocycles. The van der Waals surface area contributed by atoms with Crippen molar-refractivity contribution in [1.29, 1.82) is 0 Å². The summed E-state index contributed by atoms with van der Waals surface area (Å²) in [5.74, 6) is 0.725. The summed E-state index contributed by atoms with van der Waals surface area (Å²) in [5, 5.41) is 5.21. The van der Waals surface area contributed by atoms with Crippen LogP contribution in [0.5, 0.6) is 0 Å². The fraction of sp³-hybridized carbons (Fsp3) is 0.0545. The first-order valence-corrected chi connectivity index (χ1v) is 20.1. The van der Waals surface area contributed by atoms with Crippen LogP contribution in [-0.4, -0.2) is 14.4 Å². The summed E-state index contributed by atoms with van der Waals surface area (Å²) in [7, 11) is 0. The fourth-order valence-corrected chi connectivity index (χ4v) is 9.66. The Morgan fingerprint density at radius 3 is 1.59 bits per heavy atom. The van der Waals surface area contributed by atoms with Gasteiger partial charge in [0, 0.05) is 43.7 Å². The van der Waals surface area contributed by atoms with Gasteiger partial charge in [0.2, 0.25) is 0 Å². The predicted molar refractivity (Wildman–Crippen MR) is 241 cm³/mol. The molecule has 272 valence electrons. The highest BCUT2D eigenvalue weighted by atomic mass is 14.9. The number of rotatable bonds is 5. The van der Waals surface area contributed by atoms with Crippen LogP contribution < -0.4 is 0 Å². The number of fused-ring (bicyclic) bond motifs is 9. The fourth-order valence-electron chi connectivity index (χ4n) is 9.66. The normalized spacial score (nSPS) is 13.1. The Kier molecular flexibility index (Phi) is 6.98. The molecule has 3 aromatic heterocycles. The third-order valence-corrected chi connectivity index (χ3v) is 12.6. The average Bonchev–Trinajstić information content (AvgIpc) is 3.89. The number of para-hydroxylation sites is 2. The summed E-state index contributed by atoms with van der Waals surface area (Å²) in [6, 6.07) is 68.2. The molecule has 12 rings (SSSR count). The molecule has 0 spiro atoms. The molecule has 0 saturated carbocycles. The van der Waals surface area contributed by atoms with E-state index in [2.05, 4.69) is 182 Å². The van der Waals surface area contributed by atoms with E-state index in [1.54, 1.807) is 0 Å². The molecular formula is C55H37N3. The summed E-state index contributed by atoms with van der Waals surface area (Å²) in [6.07, 6.45) is 0.